The number of hydrogen-bond donors (Lipinski definition) is 1. The predicted octanol–water partition coefficient (Wildman–Crippen LogP) is 2.34. The Bertz CT molecular complexity index is 881. The molecule has 1 N–H and O–H groups in total. The molecule has 3 rings (SSSR count). The number of amides is 1. The standard InChI is InChI=1S/C15H12ClN5O3/c16-11(22)6-21-9-19-12-13(17-8-18-14(12)21)20-15(23)24-7-10-4-2-1-3-5-10/h1-5,8-9H,6-7H2,(H,17,18,20,23). The molecular weight excluding hydrogens is 334 g/mol. The van der Waals surface area contributed by atoms with Crippen LogP contribution in [0.15, 0.2) is 43.0 Å². The van der Waals surface area contributed by atoms with Crippen molar-refractivity contribution in [2.45, 2.75) is 13.2 Å². The molecule has 0 atom stereocenters. The molecule has 0 saturated carbocycles. The Morgan fingerprint density at radius 2 is 1.96 bits per heavy atom. The van der Waals surface area contributed by atoms with Crippen LogP contribution >= 0.6 is 11.6 Å². The van der Waals surface area contributed by atoms with Crippen LogP contribution in [0, 0.1) is 0 Å². The molecule has 2 aromatic heterocycles. The van der Waals surface area contributed by atoms with Gasteiger partial charge in [0.15, 0.2) is 17.0 Å². The molecule has 1 aromatic carbocycles. The molecule has 9 heteroatoms. The van der Waals surface area contributed by atoms with Crippen LogP contribution in [0.25, 0.3) is 11.2 Å². The van der Waals surface area contributed by atoms with E-state index in [0.29, 0.717) is 11.2 Å². The number of aromatic nitrogens is 4. The summed E-state index contributed by atoms with van der Waals surface area (Å²) < 4.78 is 6.60. The molecule has 0 unspecified atom stereocenters. The van der Waals surface area contributed by atoms with Crippen molar-refractivity contribution in [3.8, 4) is 0 Å². The molecule has 0 spiro atoms. The Kier molecular flexibility index (Phi) is 4.66. The first-order chi connectivity index (χ1) is 11.6. The lowest BCUT2D eigenvalue weighted by Crippen LogP contribution is -2.15. The summed E-state index contributed by atoms with van der Waals surface area (Å²) in [4.78, 5) is 35.1. The van der Waals surface area contributed by atoms with E-state index < -0.39 is 11.3 Å². The minimum absolute atomic E-state index is 0.0764. The monoisotopic (exact) mass is 345 g/mol. The van der Waals surface area contributed by atoms with Gasteiger partial charge in [-0.25, -0.2) is 19.7 Å². The normalized spacial score (nSPS) is 10.5. The fourth-order valence-electron chi connectivity index (χ4n) is 2.08. The summed E-state index contributed by atoms with van der Waals surface area (Å²) in [6, 6.07) is 9.29. The largest absolute Gasteiger partial charge is 0.444 e. The highest BCUT2D eigenvalue weighted by atomic mass is 35.5. The van der Waals surface area contributed by atoms with Crippen LogP contribution in [0.3, 0.4) is 0 Å². The van der Waals surface area contributed by atoms with Gasteiger partial charge in [0.1, 0.15) is 12.9 Å². The van der Waals surface area contributed by atoms with E-state index in [1.807, 2.05) is 30.3 Å². The van der Waals surface area contributed by atoms with Gasteiger partial charge < -0.3 is 9.30 Å². The van der Waals surface area contributed by atoms with Crippen molar-refractivity contribution < 1.29 is 14.3 Å². The highest BCUT2D eigenvalue weighted by Crippen LogP contribution is 2.17. The smallest absolute Gasteiger partial charge is 0.413 e. The third-order valence-electron chi connectivity index (χ3n) is 3.13. The van der Waals surface area contributed by atoms with Gasteiger partial charge in [-0.3, -0.25) is 10.1 Å². The average Bonchev–Trinajstić information content (AvgIpc) is 2.97. The van der Waals surface area contributed by atoms with Gasteiger partial charge in [0.2, 0.25) is 5.24 Å². The van der Waals surface area contributed by atoms with Crippen molar-refractivity contribution in [3.63, 3.8) is 0 Å². The topological polar surface area (TPSA) is 99.0 Å². The number of anilines is 1. The van der Waals surface area contributed by atoms with Crippen molar-refractivity contribution in [1.29, 1.82) is 0 Å². The molecular formula is C15H12ClN5O3. The number of imidazole rings is 1. The van der Waals surface area contributed by atoms with Gasteiger partial charge >= 0.3 is 6.09 Å². The van der Waals surface area contributed by atoms with Crippen LogP contribution in [0.5, 0.6) is 0 Å². The summed E-state index contributed by atoms with van der Waals surface area (Å²) in [5, 5.41) is 1.96. The quantitative estimate of drug-likeness (QED) is 0.712. The molecule has 0 aliphatic heterocycles. The minimum Gasteiger partial charge on any atom is -0.444 e. The first-order valence-electron chi connectivity index (χ1n) is 6.95. The summed E-state index contributed by atoms with van der Waals surface area (Å²) >= 11 is 5.37. The number of nitrogens with one attached hydrogen (secondary N) is 1. The predicted molar refractivity (Wildman–Crippen MR) is 86.4 cm³/mol. The molecule has 0 bridgehead atoms. The molecule has 0 saturated heterocycles. The van der Waals surface area contributed by atoms with Crippen LogP contribution in [-0.4, -0.2) is 30.9 Å². The van der Waals surface area contributed by atoms with E-state index >= 15 is 0 Å². The van der Waals surface area contributed by atoms with Crippen molar-refractivity contribution in [2.75, 3.05) is 5.32 Å². The summed E-state index contributed by atoms with van der Waals surface area (Å²) in [5.74, 6) is 0.193. The van der Waals surface area contributed by atoms with Crippen molar-refractivity contribution in [2.24, 2.45) is 0 Å². The zero-order chi connectivity index (χ0) is 16.9. The lowest BCUT2D eigenvalue weighted by atomic mass is 10.2. The second kappa shape index (κ2) is 7.05. The van der Waals surface area contributed by atoms with E-state index in [0.717, 1.165) is 5.56 Å². The number of carbonyl (C=O) groups is 2. The SMILES string of the molecule is O=C(Cl)Cn1cnc2c(NC(=O)OCc3ccccc3)ncnc21. The van der Waals surface area contributed by atoms with E-state index in [-0.39, 0.29) is 19.0 Å². The van der Waals surface area contributed by atoms with Gasteiger partial charge in [-0.05, 0) is 17.2 Å². The molecule has 1 amide bonds. The number of carbonyl (C=O) groups excluding carboxylic acids is 2. The maximum Gasteiger partial charge on any atom is 0.413 e. The number of hydrogen-bond acceptors (Lipinski definition) is 6. The number of fused-ring (bicyclic) bond motifs is 1. The number of ether oxygens (including phenoxy) is 1. The highest BCUT2D eigenvalue weighted by Gasteiger charge is 2.14. The molecule has 0 radical (unpaired) electrons. The minimum atomic E-state index is -0.665. The molecule has 24 heavy (non-hydrogen) atoms. The number of nitrogens with zero attached hydrogens (tertiary/aromatic N) is 4. The Morgan fingerprint density at radius 1 is 1.17 bits per heavy atom. The van der Waals surface area contributed by atoms with Crippen molar-refractivity contribution >= 4 is 39.9 Å². The Hall–Kier alpha value is -3.00. The summed E-state index contributed by atoms with van der Waals surface area (Å²) in [6.07, 6.45) is 1.99. The van der Waals surface area contributed by atoms with Gasteiger partial charge in [0.05, 0.1) is 12.9 Å². The van der Waals surface area contributed by atoms with Crippen LogP contribution in [-0.2, 0) is 22.7 Å². The Balaban J connectivity index is 1.71. The van der Waals surface area contributed by atoms with E-state index in [1.165, 1.54) is 17.2 Å². The summed E-state index contributed by atoms with van der Waals surface area (Å²) in [6.45, 7) is 0.0586. The Morgan fingerprint density at radius 3 is 2.71 bits per heavy atom. The second-order valence-corrected chi connectivity index (χ2v) is 5.23. The van der Waals surface area contributed by atoms with Crippen LogP contribution < -0.4 is 5.32 Å². The molecule has 122 valence electrons. The molecule has 3 aromatic rings. The van der Waals surface area contributed by atoms with Crippen LogP contribution in [0.2, 0.25) is 0 Å². The first kappa shape index (κ1) is 15.9. The number of rotatable bonds is 5. The van der Waals surface area contributed by atoms with E-state index in [2.05, 4.69) is 20.3 Å². The summed E-state index contributed by atoms with van der Waals surface area (Å²) in [7, 11) is 0. The molecule has 0 aliphatic rings. The van der Waals surface area contributed by atoms with E-state index in [9.17, 15) is 9.59 Å². The first-order valence-corrected chi connectivity index (χ1v) is 7.33. The second-order valence-electron chi connectivity index (χ2n) is 4.81. The van der Waals surface area contributed by atoms with Gasteiger partial charge in [0.25, 0.3) is 0 Å². The molecule has 8 nitrogen and oxygen atoms in total. The number of benzene rings is 1. The number of halogens is 1. The molecule has 2 heterocycles. The third kappa shape index (κ3) is 3.66. The van der Waals surface area contributed by atoms with Gasteiger partial charge in [-0.1, -0.05) is 30.3 Å². The molecule has 0 aliphatic carbocycles. The fraction of sp³-hybridized carbons (Fsp3) is 0.133. The highest BCUT2D eigenvalue weighted by molar-refractivity contribution is 6.63. The van der Waals surface area contributed by atoms with Gasteiger partial charge in [-0.15, -0.1) is 0 Å². The third-order valence-corrected chi connectivity index (χ3v) is 3.25. The summed E-state index contributed by atoms with van der Waals surface area (Å²) in [5.41, 5.74) is 1.59. The van der Waals surface area contributed by atoms with Crippen molar-refractivity contribution in [1.82, 2.24) is 19.5 Å². The zero-order valence-electron chi connectivity index (χ0n) is 12.3. The van der Waals surface area contributed by atoms with E-state index in [1.54, 1.807) is 0 Å². The van der Waals surface area contributed by atoms with Crippen molar-refractivity contribution in [3.05, 3.63) is 48.5 Å². The maximum absolute atomic E-state index is 11.9. The van der Waals surface area contributed by atoms with Crippen LogP contribution in [0.4, 0.5) is 10.6 Å². The molecule has 0 fully saturated rings. The zero-order valence-corrected chi connectivity index (χ0v) is 13.1. The Labute approximate surface area is 141 Å². The average molecular weight is 346 g/mol. The lowest BCUT2D eigenvalue weighted by molar-refractivity contribution is -0.112. The maximum atomic E-state index is 11.9. The van der Waals surface area contributed by atoms with Gasteiger partial charge in [0, 0.05) is 0 Å². The fourth-order valence-corrected chi connectivity index (χ4v) is 2.21. The van der Waals surface area contributed by atoms with E-state index in [4.69, 9.17) is 16.3 Å². The van der Waals surface area contributed by atoms with Crippen LogP contribution in [0.1, 0.15) is 5.56 Å². The van der Waals surface area contributed by atoms with Gasteiger partial charge in [-0.2, -0.15) is 0 Å². The lowest BCUT2D eigenvalue weighted by Gasteiger charge is -2.07.